The summed E-state index contributed by atoms with van der Waals surface area (Å²) in [4.78, 5) is 10.3. The Kier molecular flexibility index (Phi) is 4.74. The van der Waals surface area contributed by atoms with Gasteiger partial charge in [0.05, 0.1) is 17.1 Å². The fourth-order valence-corrected chi connectivity index (χ4v) is 3.54. The molecule has 0 radical (unpaired) electrons. The van der Waals surface area contributed by atoms with E-state index in [-0.39, 0.29) is 11.9 Å². The molecule has 0 unspecified atom stereocenters. The summed E-state index contributed by atoms with van der Waals surface area (Å²) in [5.74, 6) is 0.413. The van der Waals surface area contributed by atoms with Crippen molar-refractivity contribution in [3.63, 3.8) is 0 Å². The molecule has 2 heterocycles. The first-order valence-electron chi connectivity index (χ1n) is 9.15. The number of para-hydroxylation sites is 2. The summed E-state index contributed by atoms with van der Waals surface area (Å²) in [5, 5.41) is 0. The molecule has 3 aromatic rings. The Morgan fingerprint density at radius 1 is 1.19 bits per heavy atom. The molecule has 1 saturated heterocycles. The van der Waals surface area contributed by atoms with Crippen LogP contribution in [0.25, 0.3) is 11.0 Å². The van der Waals surface area contributed by atoms with Gasteiger partial charge in [0.2, 0.25) is 0 Å². The first kappa shape index (κ1) is 17.2. The average molecular weight is 353 g/mol. The van der Waals surface area contributed by atoms with E-state index in [1.165, 1.54) is 0 Å². The molecule has 136 valence electrons. The average Bonchev–Trinajstić information content (AvgIpc) is 3.06. The lowest BCUT2D eigenvalue weighted by Crippen LogP contribution is -2.35. The van der Waals surface area contributed by atoms with Crippen LogP contribution >= 0.6 is 0 Å². The van der Waals surface area contributed by atoms with Gasteiger partial charge in [0, 0.05) is 18.7 Å². The molecule has 5 heteroatoms. The van der Waals surface area contributed by atoms with Crippen LogP contribution in [0.2, 0.25) is 0 Å². The lowest BCUT2D eigenvalue weighted by atomic mass is 10.0. The third-order valence-corrected chi connectivity index (χ3v) is 5.09. The molecule has 1 fully saturated rings. The number of aromatic amines is 1. The zero-order valence-corrected chi connectivity index (χ0v) is 15.2. The van der Waals surface area contributed by atoms with Crippen molar-refractivity contribution in [1.82, 2.24) is 14.9 Å². The number of nitrogens with one attached hydrogen (secondary N) is 1. The van der Waals surface area contributed by atoms with Gasteiger partial charge in [0.1, 0.15) is 17.7 Å². The smallest absolute Gasteiger partial charge is 0.143 e. The maximum atomic E-state index is 14.7. The fraction of sp³-hybridized carbons (Fsp3) is 0.381. The van der Waals surface area contributed by atoms with E-state index in [1.54, 1.807) is 6.07 Å². The molecule has 0 amide bonds. The van der Waals surface area contributed by atoms with Gasteiger partial charge in [-0.05, 0) is 50.6 Å². The van der Waals surface area contributed by atoms with Crippen molar-refractivity contribution in [2.75, 3.05) is 20.1 Å². The van der Waals surface area contributed by atoms with E-state index < -0.39 is 6.10 Å². The third-order valence-electron chi connectivity index (χ3n) is 5.09. The number of hydrogen-bond donors (Lipinski definition) is 1. The van der Waals surface area contributed by atoms with Gasteiger partial charge in [0.15, 0.2) is 0 Å². The second kappa shape index (κ2) is 7.17. The largest absolute Gasteiger partial charge is 0.362 e. The summed E-state index contributed by atoms with van der Waals surface area (Å²) in [6.07, 6.45) is 1.46. The van der Waals surface area contributed by atoms with Crippen molar-refractivity contribution < 1.29 is 9.13 Å². The van der Waals surface area contributed by atoms with Crippen LogP contribution in [0.5, 0.6) is 0 Å². The number of aryl methyl sites for hydroxylation is 1. The molecule has 1 N–H and O–H groups in total. The van der Waals surface area contributed by atoms with Crippen LogP contribution in [-0.2, 0) is 4.74 Å². The van der Waals surface area contributed by atoms with E-state index in [1.807, 2.05) is 43.3 Å². The van der Waals surface area contributed by atoms with Crippen LogP contribution in [0.3, 0.4) is 0 Å². The number of ether oxygens (including phenoxy) is 1. The first-order valence-corrected chi connectivity index (χ1v) is 9.15. The maximum Gasteiger partial charge on any atom is 0.143 e. The van der Waals surface area contributed by atoms with Crippen molar-refractivity contribution in [1.29, 1.82) is 0 Å². The van der Waals surface area contributed by atoms with E-state index in [0.717, 1.165) is 42.5 Å². The number of H-pyrrole nitrogens is 1. The second-order valence-electron chi connectivity index (χ2n) is 7.18. The number of imidazole rings is 1. The summed E-state index contributed by atoms with van der Waals surface area (Å²) in [6, 6.07) is 13.1. The van der Waals surface area contributed by atoms with E-state index in [4.69, 9.17) is 4.74 Å². The summed E-state index contributed by atoms with van der Waals surface area (Å²) >= 11 is 0. The number of fused-ring (bicyclic) bond motifs is 1. The van der Waals surface area contributed by atoms with Crippen molar-refractivity contribution in [2.24, 2.45) is 0 Å². The number of likely N-dealkylation sites (tertiary alicyclic amines) is 1. The highest BCUT2D eigenvalue weighted by molar-refractivity contribution is 5.74. The van der Waals surface area contributed by atoms with Gasteiger partial charge in [0.25, 0.3) is 0 Å². The Hall–Kier alpha value is -2.24. The van der Waals surface area contributed by atoms with Crippen LogP contribution in [0, 0.1) is 12.7 Å². The van der Waals surface area contributed by atoms with E-state index in [9.17, 15) is 4.39 Å². The minimum Gasteiger partial charge on any atom is -0.362 e. The predicted molar refractivity (Wildman–Crippen MR) is 101 cm³/mol. The van der Waals surface area contributed by atoms with Gasteiger partial charge in [-0.25, -0.2) is 9.37 Å². The zero-order chi connectivity index (χ0) is 18.1. The molecule has 1 aliphatic heterocycles. The molecule has 1 atom stereocenters. The molecule has 0 saturated carbocycles. The fourth-order valence-electron chi connectivity index (χ4n) is 3.54. The highest BCUT2D eigenvalue weighted by atomic mass is 19.1. The van der Waals surface area contributed by atoms with Crippen molar-refractivity contribution in [3.05, 3.63) is 65.2 Å². The Labute approximate surface area is 153 Å². The quantitative estimate of drug-likeness (QED) is 0.764. The number of halogens is 1. The summed E-state index contributed by atoms with van der Waals surface area (Å²) in [7, 11) is 2.12. The highest BCUT2D eigenvalue weighted by Crippen LogP contribution is 2.31. The van der Waals surface area contributed by atoms with Gasteiger partial charge in [-0.15, -0.1) is 0 Å². The van der Waals surface area contributed by atoms with Crippen LogP contribution in [0.4, 0.5) is 4.39 Å². The van der Waals surface area contributed by atoms with E-state index >= 15 is 0 Å². The molecule has 26 heavy (non-hydrogen) atoms. The molecule has 1 aliphatic rings. The van der Waals surface area contributed by atoms with Crippen LogP contribution < -0.4 is 0 Å². The van der Waals surface area contributed by atoms with Gasteiger partial charge >= 0.3 is 0 Å². The summed E-state index contributed by atoms with van der Waals surface area (Å²) in [6.45, 7) is 3.88. The van der Waals surface area contributed by atoms with Crippen LogP contribution in [0.15, 0.2) is 42.5 Å². The molecular formula is C21H24FN3O. The SMILES string of the molecule is Cc1ccc([C@H](OC2CCN(C)CC2)c2nc3ccccc3[nH]2)c(F)c1. The Morgan fingerprint density at radius 2 is 1.96 bits per heavy atom. The molecule has 0 aliphatic carbocycles. The molecule has 2 aromatic carbocycles. The van der Waals surface area contributed by atoms with Crippen LogP contribution in [0.1, 0.15) is 35.9 Å². The number of benzene rings is 2. The minimum absolute atomic E-state index is 0.102. The number of nitrogens with zero attached hydrogens (tertiary/aromatic N) is 2. The van der Waals surface area contributed by atoms with E-state index in [0.29, 0.717) is 11.4 Å². The topological polar surface area (TPSA) is 41.1 Å². The minimum atomic E-state index is -0.531. The standard InChI is InChI=1S/C21H24FN3O/c1-14-7-8-16(17(22)13-14)20(26-15-9-11-25(2)12-10-15)21-23-18-5-3-4-6-19(18)24-21/h3-8,13,15,20H,9-12H2,1-2H3,(H,23,24)/t20-/m0/s1. The molecule has 1 aromatic heterocycles. The number of aromatic nitrogens is 2. The molecule has 0 bridgehead atoms. The lowest BCUT2D eigenvalue weighted by Gasteiger charge is -2.31. The van der Waals surface area contributed by atoms with Crippen molar-refractivity contribution in [3.8, 4) is 0 Å². The van der Waals surface area contributed by atoms with Crippen LogP contribution in [-0.4, -0.2) is 41.1 Å². The van der Waals surface area contributed by atoms with Gasteiger partial charge in [-0.2, -0.15) is 0 Å². The van der Waals surface area contributed by atoms with Crippen molar-refractivity contribution in [2.45, 2.75) is 32.0 Å². The maximum absolute atomic E-state index is 14.7. The Morgan fingerprint density at radius 3 is 2.69 bits per heavy atom. The van der Waals surface area contributed by atoms with Gasteiger partial charge in [-0.1, -0.05) is 24.3 Å². The molecular weight excluding hydrogens is 329 g/mol. The van der Waals surface area contributed by atoms with E-state index in [2.05, 4.69) is 21.9 Å². The normalized spacial score (nSPS) is 17.7. The Balaban J connectivity index is 1.70. The van der Waals surface area contributed by atoms with Gasteiger partial charge < -0.3 is 14.6 Å². The number of hydrogen-bond acceptors (Lipinski definition) is 3. The Bertz CT molecular complexity index is 866. The van der Waals surface area contributed by atoms with Crippen molar-refractivity contribution >= 4 is 11.0 Å². The first-order chi connectivity index (χ1) is 12.6. The number of rotatable bonds is 4. The molecule has 4 rings (SSSR count). The van der Waals surface area contributed by atoms with Gasteiger partial charge in [-0.3, -0.25) is 0 Å². The molecule has 4 nitrogen and oxygen atoms in total. The summed E-state index contributed by atoms with van der Waals surface area (Å²) in [5.41, 5.74) is 3.24. The molecule has 0 spiro atoms. The third kappa shape index (κ3) is 3.50. The second-order valence-corrected chi connectivity index (χ2v) is 7.18. The zero-order valence-electron chi connectivity index (χ0n) is 15.2. The number of piperidine rings is 1. The predicted octanol–water partition coefficient (Wildman–Crippen LogP) is 4.21. The highest BCUT2D eigenvalue weighted by Gasteiger charge is 2.27. The summed E-state index contributed by atoms with van der Waals surface area (Å²) < 4.78 is 21.1. The lowest BCUT2D eigenvalue weighted by molar-refractivity contribution is -0.0276. The monoisotopic (exact) mass is 353 g/mol.